The highest BCUT2D eigenvalue weighted by atomic mass is 16.5. The van der Waals surface area contributed by atoms with Crippen LogP contribution in [0.15, 0.2) is 40.1 Å². The number of amidine groups is 1. The van der Waals surface area contributed by atoms with Gasteiger partial charge in [-0.3, -0.25) is 14.4 Å². The fraction of sp³-hybridized carbons (Fsp3) is 0.417. The van der Waals surface area contributed by atoms with Gasteiger partial charge < -0.3 is 20.5 Å². The molecular formula is C24H29N5O6. The van der Waals surface area contributed by atoms with E-state index < -0.39 is 17.6 Å². The number of nitrogens with zero attached hydrogens (tertiary/aromatic N) is 3. The lowest BCUT2D eigenvalue weighted by Gasteiger charge is -2.27. The summed E-state index contributed by atoms with van der Waals surface area (Å²) >= 11 is 0. The Morgan fingerprint density at radius 1 is 1.17 bits per heavy atom. The molecule has 0 saturated heterocycles. The topological polar surface area (TPSA) is 155 Å². The van der Waals surface area contributed by atoms with E-state index in [4.69, 9.17) is 15.2 Å². The minimum Gasteiger partial charge on any atom is -0.469 e. The van der Waals surface area contributed by atoms with Crippen LogP contribution in [0.5, 0.6) is 0 Å². The van der Waals surface area contributed by atoms with E-state index in [9.17, 15) is 19.2 Å². The van der Waals surface area contributed by atoms with Gasteiger partial charge in [0.1, 0.15) is 11.4 Å². The van der Waals surface area contributed by atoms with Gasteiger partial charge in [0, 0.05) is 24.2 Å². The van der Waals surface area contributed by atoms with Crippen molar-refractivity contribution in [2.75, 3.05) is 13.7 Å². The molecule has 0 bridgehead atoms. The molecule has 11 nitrogen and oxygen atoms in total. The summed E-state index contributed by atoms with van der Waals surface area (Å²) in [5.74, 6) is -0.876. The lowest BCUT2D eigenvalue weighted by molar-refractivity contribution is -0.146. The van der Waals surface area contributed by atoms with Crippen LogP contribution in [0.1, 0.15) is 48.5 Å². The number of nitrogens with two attached hydrogens (primary N) is 1. The van der Waals surface area contributed by atoms with Gasteiger partial charge in [-0.1, -0.05) is 24.3 Å². The molecule has 1 aromatic carbocycles. The fourth-order valence-electron chi connectivity index (χ4n) is 3.95. The normalized spacial score (nSPS) is 18.0. The maximum absolute atomic E-state index is 12.9. The number of nitrogens with one attached hydrogen (secondary N) is 1. The molecule has 2 aromatic rings. The number of ether oxygens (including phenoxy) is 2. The first kappa shape index (κ1) is 25.6. The second kappa shape index (κ2) is 11.4. The maximum atomic E-state index is 12.9. The van der Waals surface area contributed by atoms with Crippen LogP contribution in [0.4, 0.5) is 4.79 Å². The van der Waals surface area contributed by atoms with Gasteiger partial charge in [0.05, 0.1) is 25.3 Å². The van der Waals surface area contributed by atoms with Gasteiger partial charge in [0.2, 0.25) is 0 Å². The zero-order valence-corrected chi connectivity index (χ0v) is 19.9. The van der Waals surface area contributed by atoms with E-state index in [0.29, 0.717) is 42.5 Å². The molecule has 11 heteroatoms. The van der Waals surface area contributed by atoms with Crippen LogP contribution in [0.2, 0.25) is 0 Å². The van der Waals surface area contributed by atoms with E-state index in [2.05, 4.69) is 15.4 Å². The number of benzene rings is 1. The maximum Gasteiger partial charge on any atom is 0.435 e. The molecule has 0 unspecified atom stereocenters. The fourth-order valence-corrected chi connectivity index (χ4v) is 3.95. The molecule has 0 radical (unpaired) electrons. The molecule has 1 aliphatic carbocycles. The summed E-state index contributed by atoms with van der Waals surface area (Å²) in [4.78, 5) is 52.4. The molecule has 0 aliphatic heterocycles. The third-order valence-electron chi connectivity index (χ3n) is 5.86. The summed E-state index contributed by atoms with van der Waals surface area (Å²) in [6.45, 7) is 1.86. The number of hydrogen-bond donors (Lipinski definition) is 2. The van der Waals surface area contributed by atoms with Crippen molar-refractivity contribution in [2.45, 2.75) is 38.6 Å². The molecule has 3 rings (SSSR count). The predicted molar refractivity (Wildman–Crippen MR) is 128 cm³/mol. The Morgan fingerprint density at radius 3 is 2.43 bits per heavy atom. The van der Waals surface area contributed by atoms with Crippen molar-refractivity contribution >= 4 is 23.8 Å². The van der Waals surface area contributed by atoms with E-state index in [-0.39, 0.29) is 35.9 Å². The predicted octanol–water partition coefficient (Wildman–Crippen LogP) is 1.77. The van der Waals surface area contributed by atoms with Crippen LogP contribution in [0, 0.1) is 5.92 Å². The number of hydrogen-bond acceptors (Lipinski definition) is 7. The Balaban J connectivity index is 1.76. The zero-order chi connectivity index (χ0) is 25.5. The van der Waals surface area contributed by atoms with Gasteiger partial charge in [-0.05, 0) is 38.7 Å². The van der Waals surface area contributed by atoms with E-state index in [1.165, 1.54) is 20.2 Å². The van der Waals surface area contributed by atoms with Crippen LogP contribution in [0.3, 0.4) is 0 Å². The molecule has 1 aliphatic rings. The number of methoxy groups -OCH3 is 1. The molecule has 35 heavy (non-hydrogen) atoms. The van der Waals surface area contributed by atoms with Crippen molar-refractivity contribution < 1.29 is 23.9 Å². The van der Waals surface area contributed by atoms with Gasteiger partial charge in [0.15, 0.2) is 0 Å². The summed E-state index contributed by atoms with van der Waals surface area (Å²) in [5, 5.41) is 7.16. The van der Waals surface area contributed by atoms with Crippen LogP contribution in [-0.2, 0) is 21.3 Å². The largest absolute Gasteiger partial charge is 0.469 e. The first-order valence-corrected chi connectivity index (χ1v) is 11.3. The monoisotopic (exact) mass is 483 g/mol. The number of aromatic nitrogens is 2. The first-order chi connectivity index (χ1) is 16.7. The second-order valence-corrected chi connectivity index (χ2v) is 8.19. The smallest absolute Gasteiger partial charge is 0.435 e. The van der Waals surface area contributed by atoms with Crippen molar-refractivity contribution in [1.29, 1.82) is 0 Å². The van der Waals surface area contributed by atoms with E-state index in [1.54, 1.807) is 31.2 Å². The molecule has 1 heterocycles. The molecule has 1 aromatic heterocycles. The summed E-state index contributed by atoms with van der Waals surface area (Å²) in [5.41, 5.74) is 6.87. The summed E-state index contributed by atoms with van der Waals surface area (Å²) in [6, 6.07) is 8.02. The summed E-state index contributed by atoms with van der Waals surface area (Å²) in [7, 11) is 2.84. The molecule has 3 N–H and O–H groups in total. The lowest BCUT2D eigenvalue weighted by Crippen LogP contribution is -2.41. The lowest BCUT2D eigenvalue weighted by atomic mass is 9.86. The Morgan fingerprint density at radius 2 is 1.83 bits per heavy atom. The Bertz CT molecular complexity index is 1180. The number of rotatable bonds is 6. The van der Waals surface area contributed by atoms with Gasteiger partial charge >= 0.3 is 12.1 Å². The highest BCUT2D eigenvalue weighted by molar-refractivity contribution is 6.03. The van der Waals surface area contributed by atoms with Crippen molar-refractivity contribution in [3.63, 3.8) is 0 Å². The summed E-state index contributed by atoms with van der Waals surface area (Å²) in [6.07, 6.45) is 1.71. The van der Waals surface area contributed by atoms with E-state index in [1.807, 2.05) is 0 Å². The molecule has 0 atom stereocenters. The van der Waals surface area contributed by atoms with Gasteiger partial charge in [-0.25, -0.2) is 9.48 Å². The molecule has 1 saturated carbocycles. The van der Waals surface area contributed by atoms with Crippen molar-refractivity contribution in [2.24, 2.45) is 23.7 Å². The van der Waals surface area contributed by atoms with Crippen LogP contribution >= 0.6 is 0 Å². The van der Waals surface area contributed by atoms with Crippen molar-refractivity contribution in [3.8, 4) is 11.3 Å². The quantitative estimate of drug-likeness (QED) is 0.358. The molecule has 2 amide bonds. The standard InChI is InChI=1S/C24H29N5O6/c1-4-35-24(33)27-20(25)15-7-5-14(6-8-15)19-13-18(22(31)29(2)28-19)21(30)26-17-11-9-16(10-12-17)23(32)34-3/h5-8,13,16-17H,4,9-12H2,1-3H3,(H,26,30)(H2,25,27,33). The summed E-state index contributed by atoms with van der Waals surface area (Å²) < 4.78 is 10.7. The number of esters is 1. The SMILES string of the molecule is CCOC(=O)N=C(N)c1ccc(-c2cc(C(=O)NC3CCC(C(=O)OC)CC3)c(=O)n(C)n2)cc1. The van der Waals surface area contributed by atoms with Crippen molar-refractivity contribution in [1.82, 2.24) is 15.1 Å². The van der Waals surface area contributed by atoms with Gasteiger partial charge in [-0.2, -0.15) is 10.1 Å². The van der Waals surface area contributed by atoms with E-state index >= 15 is 0 Å². The number of amides is 2. The third-order valence-corrected chi connectivity index (χ3v) is 5.86. The minimum absolute atomic E-state index is 0.00501. The number of carbonyl (C=O) groups is 3. The number of aryl methyl sites for hydroxylation is 1. The Labute approximate surface area is 202 Å². The zero-order valence-electron chi connectivity index (χ0n) is 19.9. The third kappa shape index (κ3) is 6.31. The van der Waals surface area contributed by atoms with Crippen LogP contribution < -0.4 is 16.6 Å². The van der Waals surface area contributed by atoms with E-state index in [0.717, 1.165) is 4.68 Å². The highest BCUT2D eigenvalue weighted by Gasteiger charge is 2.28. The number of aliphatic imine (C=N–C) groups is 1. The molecule has 0 spiro atoms. The number of carbonyl (C=O) groups excluding carboxylic acids is 3. The van der Waals surface area contributed by atoms with Crippen molar-refractivity contribution in [3.05, 3.63) is 51.8 Å². The molecule has 1 fully saturated rings. The van der Waals surface area contributed by atoms with Gasteiger partial charge in [0.25, 0.3) is 11.5 Å². The van der Waals surface area contributed by atoms with Gasteiger partial charge in [-0.15, -0.1) is 0 Å². The minimum atomic E-state index is -0.775. The molecule has 186 valence electrons. The average Bonchev–Trinajstić information content (AvgIpc) is 2.85. The Kier molecular flexibility index (Phi) is 8.34. The highest BCUT2D eigenvalue weighted by Crippen LogP contribution is 2.25. The second-order valence-electron chi connectivity index (χ2n) is 8.19. The average molecular weight is 484 g/mol. The molecular weight excluding hydrogens is 454 g/mol. The first-order valence-electron chi connectivity index (χ1n) is 11.3. The van der Waals surface area contributed by atoms with Crippen LogP contribution in [0.25, 0.3) is 11.3 Å². The Hall–Kier alpha value is -4.02. The van der Waals surface area contributed by atoms with Crippen LogP contribution in [-0.4, -0.2) is 53.3 Å².